The van der Waals surface area contributed by atoms with Gasteiger partial charge >= 0.3 is 0 Å². The van der Waals surface area contributed by atoms with Gasteiger partial charge in [0.2, 0.25) is 0 Å². The number of furan rings is 1. The Bertz CT molecular complexity index is 1840. The van der Waals surface area contributed by atoms with E-state index in [0.29, 0.717) is 59.7 Å². The molecule has 12 heteroatoms. The van der Waals surface area contributed by atoms with E-state index in [1.54, 1.807) is 0 Å². The molecule has 2 aromatic carbocycles. The summed E-state index contributed by atoms with van der Waals surface area (Å²) in [6.07, 6.45) is -1.70. The zero-order valence-corrected chi connectivity index (χ0v) is 24.4. The van der Waals surface area contributed by atoms with Crippen LogP contribution in [0.1, 0.15) is 44.7 Å². The first-order valence-electron chi connectivity index (χ1n) is 14.7. The van der Waals surface area contributed by atoms with Gasteiger partial charge < -0.3 is 28.6 Å². The van der Waals surface area contributed by atoms with Gasteiger partial charge in [0.25, 0.3) is 6.01 Å². The first-order valence-corrected chi connectivity index (χ1v) is 15.1. The standard InChI is InChI=1S/C31H31ClFN5O5/c1-15-14-40-10-9-21(15)38-22-11-17(32)7-8-20(22)34-31(38)41-18-12-23(26-30(39)43-26)37(13-18)29-27-25(35-28(36-29)16(2)33)19-5-3-4-6-24(19)42-27/h3-8,11,15-16,18,21,23,26,30,39H,9-10,12-14H2,1-2H3/t15-,16?,18-,21-,23-,26?,30?/m0/s1. The number of halogens is 2. The molecule has 3 aliphatic rings. The van der Waals surface area contributed by atoms with Crippen LogP contribution in [0.3, 0.4) is 0 Å². The first kappa shape index (κ1) is 27.1. The smallest absolute Gasteiger partial charge is 0.297 e. The van der Waals surface area contributed by atoms with Crippen LogP contribution in [0.2, 0.25) is 5.02 Å². The third-order valence-corrected chi connectivity index (χ3v) is 9.09. The number of alkyl halides is 1. The van der Waals surface area contributed by atoms with Crippen molar-refractivity contribution in [3.05, 3.63) is 53.3 Å². The van der Waals surface area contributed by atoms with Gasteiger partial charge in [-0.1, -0.05) is 30.7 Å². The number of anilines is 1. The summed E-state index contributed by atoms with van der Waals surface area (Å²) < 4.78 is 41.1. The lowest BCUT2D eigenvalue weighted by molar-refractivity contribution is 0.0259. The van der Waals surface area contributed by atoms with Crippen LogP contribution >= 0.6 is 11.6 Å². The molecule has 224 valence electrons. The second-order valence-corrected chi connectivity index (χ2v) is 12.2. The molecule has 3 aliphatic heterocycles. The number of hydrogen-bond donors (Lipinski definition) is 1. The molecular weight excluding hydrogens is 577 g/mol. The Morgan fingerprint density at radius 3 is 2.77 bits per heavy atom. The fourth-order valence-corrected chi connectivity index (χ4v) is 6.84. The van der Waals surface area contributed by atoms with E-state index < -0.39 is 18.6 Å². The fraction of sp³-hybridized carbons (Fsp3) is 0.452. The first-order chi connectivity index (χ1) is 20.9. The molecule has 8 rings (SSSR count). The lowest BCUT2D eigenvalue weighted by atomic mass is 9.97. The maximum Gasteiger partial charge on any atom is 0.297 e. The summed E-state index contributed by atoms with van der Waals surface area (Å²) in [5, 5.41) is 11.7. The van der Waals surface area contributed by atoms with Crippen molar-refractivity contribution in [2.75, 3.05) is 24.7 Å². The van der Waals surface area contributed by atoms with Crippen LogP contribution < -0.4 is 9.64 Å². The highest BCUT2D eigenvalue weighted by Gasteiger charge is 2.52. The van der Waals surface area contributed by atoms with Gasteiger partial charge in [-0.3, -0.25) is 4.57 Å². The summed E-state index contributed by atoms with van der Waals surface area (Å²) >= 11 is 6.42. The lowest BCUT2D eigenvalue weighted by Crippen LogP contribution is -2.36. The second kappa shape index (κ2) is 10.3. The maximum absolute atomic E-state index is 14.7. The summed E-state index contributed by atoms with van der Waals surface area (Å²) in [5.41, 5.74) is 3.36. The number of epoxide rings is 1. The number of aromatic nitrogens is 4. The fourth-order valence-electron chi connectivity index (χ4n) is 6.68. The molecule has 3 saturated heterocycles. The Kier molecular flexibility index (Phi) is 6.48. The largest absolute Gasteiger partial charge is 0.459 e. The van der Waals surface area contributed by atoms with Gasteiger partial charge in [-0.15, -0.1) is 0 Å². The quantitative estimate of drug-likeness (QED) is 0.241. The van der Waals surface area contributed by atoms with Gasteiger partial charge in [-0.25, -0.2) is 14.4 Å². The van der Waals surface area contributed by atoms with Gasteiger partial charge in [0.1, 0.15) is 23.3 Å². The number of rotatable bonds is 6. The molecule has 0 saturated carbocycles. The third-order valence-electron chi connectivity index (χ3n) is 8.85. The van der Waals surface area contributed by atoms with E-state index in [1.807, 2.05) is 47.4 Å². The Morgan fingerprint density at radius 1 is 1.14 bits per heavy atom. The lowest BCUT2D eigenvalue weighted by Gasteiger charge is -2.31. The van der Waals surface area contributed by atoms with Crippen LogP contribution in [-0.2, 0) is 9.47 Å². The van der Waals surface area contributed by atoms with Crippen molar-refractivity contribution in [1.29, 1.82) is 0 Å². The van der Waals surface area contributed by atoms with Crippen molar-refractivity contribution in [2.45, 2.75) is 63.4 Å². The van der Waals surface area contributed by atoms with Crippen molar-refractivity contribution < 1.29 is 28.1 Å². The average molecular weight is 608 g/mol. The van der Waals surface area contributed by atoms with Crippen LogP contribution in [0, 0.1) is 5.92 Å². The summed E-state index contributed by atoms with van der Waals surface area (Å²) in [6, 6.07) is 13.5. The van der Waals surface area contributed by atoms with Crippen LogP contribution in [0.25, 0.3) is 33.1 Å². The molecule has 0 radical (unpaired) electrons. The monoisotopic (exact) mass is 607 g/mol. The van der Waals surface area contributed by atoms with Crippen molar-refractivity contribution in [3.8, 4) is 6.01 Å². The topological polar surface area (TPSA) is 111 Å². The minimum absolute atomic E-state index is 0.0709. The summed E-state index contributed by atoms with van der Waals surface area (Å²) in [7, 11) is 0. The van der Waals surface area contributed by atoms with E-state index in [1.165, 1.54) is 6.92 Å². The zero-order chi connectivity index (χ0) is 29.4. The predicted octanol–water partition coefficient (Wildman–Crippen LogP) is 5.75. The highest BCUT2D eigenvalue weighted by molar-refractivity contribution is 6.31. The number of fused-ring (bicyclic) bond motifs is 4. The number of benzene rings is 2. The molecule has 0 amide bonds. The van der Waals surface area contributed by atoms with E-state index >= 15 is 0 Å². The van der Waals surface area contributed by atoms with E-state index in [9.17, 15) is 9.50 Å². The maximum atomic E-state index is 14.7. The minimum Gasteiger partial charge on any atom is -0.459 e. The van der Waals surface area contributed by atoms with E-state index in [2.05, 4.69) is 21.5 Å². The molecule has 0 spiro atoms. The van der Waals surface area contributed by atoms with Crippen LogP contribution in [0.4, 0.5) is 10.2 Å². The van der Waals surface area contributed by atoms with Crippen molar-refractivity contribution >= 4 is 50.5 Å². The van der Waals surface area contributed by atoms with E-state index in [0.717, 1.165) is 22.8 Å². The second-order valence-electron chi connectivity index (χ2n) is 11.8. The van der Waals surface area contributed by atoms with Gasteiger partial charge in [0.15, 0.2) is 29.7 Å². The predicted molar refractivity (Wildman–Crippen MR) is 158 cm³/mol. The molecule has 3 aromatic heterocycles. The van der Waals surface area contributed by atoms with Crippen molar-refractivity contribution in [3.63, 3.8) is 0 Å². The van der Waals surface area contributed by atoms with Crippen LogP contribution in [0.5, 0.6) is 6.01 Å². The van der Waals surface area contributed by atoms with Crippen LogP contribution in [-0.4, -0.2) is 68.9 Å². The number of aliphatic hydroxyl groups is 1. The summed E-state index contributed by atoms with van der Waals surface area (Å²) in [5.74, 6) is 0.776. The Morgan fingerprint density at radius 2 is 1.98 bits per heavy atom. The Balaban J connectivity index is 1.20. The average Bonchev–Trinajstić information content (AvgIpc) is 3.30. The molecule has 43 heavy (non-hydrogen) atoms. The van der Waals surface area contributed by atoms with Gasteiger partial charge in [-0.2, -0.15) is 4.98 Å². The molecule has 5 aromatic rings. The van der Waals surface area contributed by atoms with E-state index in [-0.39, 0.29) is 29.9 Å². The normalized spacial score (nSPS) is 28.3. The van der Waals surface area contributed by atoms with Crippen molar-refractivity contribution in [1.82, 2.24) is 19.5 Å². The number of hydrogen-bond acceptors (Lipinski definition) is 9. The summed E-state index contributed by atoms with van der Waals surface area (Å²) in [4.78, 5) is 16.1. The SMILES string of the molecule is CC(F)c1nc(N2C[C@@H](Oc3nc4ccc(Cl)cc4n3[C@H]3CCOC[C@@H]3C)C[C@H]2C2OC2O)c2oc3ccccc3c2n1. The highest BCUT2D eigenvalue weighted by atomic mass is 35.5. The van der Waals surface area contributed by atoms with Crippen molar-refractivity contribution in [2.24, 2.45) is 5.92 Å². The molecule has 1 N–H and O–H groups in total. The highest BCUT2D eigenvalue weighted by Crippen LogP contribution is 2.42. The molecule has 0 aliphatic carbocycles. The minimum atomic E-state index is -1.39. The zero-order valence-electron chi connectivity index (χ0n) is 23.7. The number of nitrogens with zero attached hydrogens (tertiary/aromatic N) is 5. The molecule has 7 atom stereocenters. The molecular formula is C31H31ClFN5O5. The third kappa shape index (κ3) is 4.61. The van der Waals surface area contributed by atoms with Crippen LogP contribution in [0.15, 0.2) is 46.9 Å². The molecule has 3 unspecified atom stereocenters. The van der Waals surface area contributed by atoms with Gasteiger partial charge in [0, 0.05) is 35.4 Å². The number of para-hydroxylation sites is 1. The van der Waals surface area contributed by atoms with E-state index in [4.69, 9.17) is 35.2 Å². The van der Waals surface area contributed by atoms with Gasteiger partial charge in [0.05, 0.1) is 30.2 Å². The number of aliphatic hydroxyl groups excluding tert-OH is 1. The molecule has 6 heterocycles. The Hall–Kier alpha value is -3.51. The number of ether oxygens (including phenoxy) is 3. The Labute approximate surface area is 251 Å². The molecule has 0 bridgehead atoms. The molecule has 10 nitrogen and oxygen atoms in total. The summed E-state index contributed by atoms with van der Waals surface area (Å²) in [6.45, 7) is 5.29. The molecule has 3 fully saturated rings. The number of imidazole rings is 1. The van der Waals surface area contributed by atoms with Gasteiger partial charge in [-0.05, 0) is 43.7 Å².